The van der Waals surface area contributed by atoms with Gasteiger partial charge in [-0.15, -0.1) is 0 Å². The van der Waals surface area contributed by atoms with Crippen molar-refractivity contribution in [2.75, 3.05) is 36.5 Å². The molecule has 1 atom stereocenters. The zero-order chi connectivity index (χ0) is 35.6. The lowest BCUT2D eigenvalue weighted by Gasteiger charge is -2.41. The summed E-state index contributed by atoms with van der Waals surface area (Å²) < 4.78 is 13.2. The second kappa shape index (κ2) is 15.1. The Balaban J connectivity index is 1.68. The largest absolute Gasteiger partial charge is 0.497 e. The Kier molecular flexibility index (Phi) is 10.8. The monoisotopic (exact) mass is 707 g/mol. The van der Waals surface area contributed by atoms with Crippen LogP contribution in [0.25, 0.3) is 11.3 Å². The molecule has 0 amide bonds. The Bertz CT molecular complexity index is 1970. The van der Waals surface area contributed by atoms with Crippen molar-refractivity contribution in [2.24, 2.45) is 0 Å². The highest BCUT2D eigenvalue weighted by molar-refractivity contribution is 7.16. The van der Waals surface area contributed by atoms with Crippen LogP contribution in [0, 0.1) is 27.7 Å². The lowest BCUT2D eigenvalue weighted by Crippen LogP contribution is -2.39. The van der Waals surface area contributed by atoms with E-state index >= 15 is 0 Å². The highest BCUT2D eigenvalue weighted by Gasteiger charge is 2.50. The van der Waals surface area contributed by atoms with Crippen LogP contribution in [-0.2, 0) is 5.60 Å². The maximum Gasteiger partial charge on any atom is 0.197 e. The number of aromatic nitrogens is 1. The minimum atomic E-state index is -1.07. The molecule has 0 N–H and O–H groups in total. The van der Waals surface area contributed by atoms with Crippen LogP contribution >= 0.6 is 22.9 Å². The van der Waals surface area contributed by atoms with Crippen molar-refractivity contribution in [2.45, 2.75) is 79.8 Å². The van der Waals surface area contributed by atoms with Crippen LogP contribution in [-0.4, -0.2) is 31.7 Å². The Morgan fingerprint density at radius 1 is 0.840 bits per heavy atom. The van der Waals surface area contributed by atoms with E-state index in [0.717, 1.165) is 94.7 Å². The van der Waals surface area contributed by atoms with Crippen LogP contribution in [0.3, 0.4) is 0 Å². The van der Waals surface area contributed by atoms with Gasteiger partial charge in [-0.25, -0.2) is 4.98 Å². The van der Waals surface area contributed by atoms with E-state index < -0.39 is 5.60 Å². The van der Waals surface area contributed by atoms with Gasteiger partial charge in [-0.3, -0.25) is 0 Å². The third-order valence-electron chi connectivity index (χ3n) is 10.1. The fraction of sp³-hybridized carbons (Fsp3) is 0.372. The first-order chi connectivity index (χ1) is 24.2. The molecule has 50 heavy (non-hydrogen) atoms. The van der Waals surface area contributed by atoms with Crippen molar-refractivity contribution in [3.05, 3.63) is 116 Å². The quantitative estimate of drug-likeness (QED) is 0.122. The van der Waals surface area contributed by atoms with E-state index in [1.807, 2.05) is 12.1 Å². The zero-order valence-electron chi connectivity index (χ0n) is 30.8. The number of thiazole rings is 1. The SMILES string of the molecule is CCCCN(CCCC)c1c(C)cc(C2(c3ccc(OC)cc3Cl)Oc3cc(C)ccc3-c3nc(N(CC)c4ccccc4)sc32)c(C)c1C. The summed E-state index contributed by atoms with van der Waals surface area (Å²) in [6.45, 7) is 18.5. The normalized spacial score (nSPS) is 14.9. The number of anilines is 3. The number of halogens is 1. The molecule has 262 valence electrons. The Morgan fingerprint density at radius 3 is 2.20 bits per heavy atom. The van der Waals surface area contributed by atoms with E-state index in [1.54, 1.807) is 18.4 Å². The summed E-state index contributed by atoms with van der Waals surface area (Å²) in [7, 11) is 1.67. The summed E-state index contributed by atoms with van der Waals surface area (Å²) in [5, 5.41) is 1.51. The fourth-order valence-electron chi connectivity index (χ4n) is 7.36. The summed E-state index contributed by atoms with van der Waals surface area (Å²) >= 11 is 9.02. The predicted octanol–water partition coefficient (Wildman–Crippen LogP) is 12.0. The van der Waals surface area contributed by atoms with Gasteiger partial charge in [-0.05, 0) is 118 Å². The highest BCUT2D eigenvalue weighted by Crippen LogP contribution is 2.57. The van der Waals surface area contributed by atoms with Gasteiger partial charge in [0, 0.05) is 47.7 Å². The topological polar surface area (TPSA) is 37.8 Å². The number of rotatable bonds is 13. The lowest BCUT2D eigenvalue weighted by molar-refractivity contribution is 0.155. The van der Waals surface area contributed by atoms with Crippen molar-refractivity contribution >= 4 is 39.4 Å². The minimum absolute atomic E-state index is 0.586. The summed E-state index contributed by atoms with van der Waals surface area (Å²) in [5.74, 6) is 1.50. The molecule has 0 bridgehead atoms. The molecule has 1 aliphatic heterocycles. The third-order valence-corrected chi connectivity index (χ3v) is 11.6. The van der Waals surface area contributed by atoms with E-state index in [9.17, 15) is 0 Å². The van der Waals surface area contributed by atoms with Crippen LogP contribution in [0.15, 0.2) is 72.8 Å². The van der Waals surface area contributed by atoms with E-state index in [1.165, 1.54) is 22.4 Å². The molecule has 0 radical (unpaired) electrons. The van der Waals surface area contributed by atoms with Crippen molar-refractivity contribution in [1.82, 2.24) is 4.98 Å². The molecule has 5 aromatic rings. The number of fused-ring (bicyclic) bond motifs is 3. The van der Waals surface area contributed by atoms with Crippen molar-refractivity contribution < 1.29 is 9.47 Å². The maximum atomic E-state index is 7.52. The molecule has 7 heteroatoms. The number of methoxy groups -OCH3 is 1. The zero-order valence-corrected chi connectivity index (χ0v) is 32.4. The number of hydrogen-bond donors (Lipinski definition) is 0. The molecule has 0 saturated carbocycles. The average Bonchev–Trinajstić information content (AvgIpc) is 3.56. The molecule has 5 nitrogen and oxygen atoms in total. The van der Waals surface area contributed by atoms with Gasteiger partial charge in [-0.2, -0.15) is 0 Å². The van der Waals surface area contributed by atoms with Gasteiger partial charge in [0.25, 0.3) is 0 Å². The van der Waals surface area contributed by atoms with Gasteiger partial charge in [0.2, 0.25) is 0 Å². The third kappa shape index (κ3) is 6.37. The van der Waals surface area contributed by atoms with Gasteiger partial charge < -0.3 is 19.3 Å². The second-order valence-electron chi connectivity index (χ2n) is 13.4. The molecule has 1 aromatic heterocycles. The highest BCUT2D eigenvalue weighted by atomic mass is 35.5. The molecular weight excluding hydrogens is 658 g/mol. The minimum Gasteiger partial charge on any atom is -0.497 e. The maximum absolute atomic E-state index is 7.52. The summed E-state index contributed by atoms with van der Waals surface area (Å²) in [6.07, 6.45) is 4.66. The lowest BCUT2D eigenvalue weighted by atomic mass is 9.77. The van der Waals surface area contributed by atoms with Gasteiger partial charge in [0.15, 0.2) is 10.7 Å². The number of para-hydroxylation sites is 1. The molecule has 1 unspecified atom stereocenters. The number of nitrogens with zero attached hydrogens (tertiary/aromatic N) is 3. The molecule has 1 aliphatic rings. The van der Waals surface area contributed by atoms with E-state index in [4.69, 9.17) is 26.1 Å². The predicted molar refractivity (Wildman–Crippen MR) is 213 cm³/mol. The molecule has 6 rings (SSSR count). The number of aryl methyl sites for hydroxylation is 2. The second-order valence-corrected chi connectivity index (χ2v) is 14.8. The number of hydrogen-bond acceptors (Lipinski definition) is 6. The van der Waals surface area contributed by atoms with E-state index in [-0.39, 0.29) is 0 Å². The summed E-state index contributed by atoms with van der Waals surface area (Å²) in [4.78, 5) is 11.4. The Hall–Kier alpha value is -4.00. The number of benzene rings is 4. The van der Waals surface area contributed by atoms with Crippen LogP contribution in [0.2, 0.25) is 5.02 Å². The molecule has 0 fully saturated rings. The van der Waals surface area contributed by atoms with Crippen LogP contribution < -0.4 is 19.3 Å². The van der Waals surface area contributed by atoms with Crippen LogP contribution in [0.4, 0.5) is 16.5 Å². The van der Waals surface area contributed by atoms with E-state index in [0.29, 0.717) is 10.8 Å². The fourth-order valence-corrected chi connectivity index (χ4v) is 8.99. The van der Waals surface area contributed by atoms with Crippen molar-refractivity contribution in [3.8, 4) is 22.8 Å². The number of ether oxygens (including phenoxy) is 2. The van der Waals surface area contributed by atoms with E-state index in [2.05, 4.69) is 119 Å². The summed E-state index contributed by atoms with van der Waals surface area (Å²) in [5.41, 5.74) is 10.1. The van der Waals surface area contributed by atoms with Crippen molar-refractivity contribution in [3.63, 3.8) is 0 Å². The Morgan fingerprint density at radius 2 is 1.56 bits per heavy atom. The molecule has 0 saturated heterocycles. The first-order valence-electron chi connectivity index (χ1n) is 18.0. The first-order valence-corrected chi connectivity index (χ1v) is 19.2. The molecule has 0 spiro atoms. The smallest absolute Gasteiger partial charge is 0.197 e. The molecule has 2 heterocycles. The van der Waals surface area contributed by atoms with Gasteiger partial charge >= 0.3 is 0 Å². The summed E-state index contributed by atoms with van der Waals surface area (Å²) in [6, 6.07) is 25.3. The van der Waals surface area contributed by atoms with Gasteiger partial charge in [-0.1, -0.05) is 73.9 Å². The molecule has 0 aliphatic carbocycles. The molecule has 4 aromatic carbocycles. The van der Waals surface area contributed by atoms with Gasteiger partial charge in [0.1, 0.15) is 11.5 Å². The van der Waals surface area contributed by atoms with Gasteiger partial charge in [0.05, 0.1) is 22.7 Å². The Labute approximate surface area is 307 Å². The van der Waals surface area contributed by atoms with Crippen molar-refractivity contribution in [1.29, 1.82) is 0 Å². The standard InChI is InChI=1S/C43H50ClN3O2S/c1-9-12-23-46(24-13-10-2)40-29(5)26-36(30(6)31(40)7)43(35-22-20-33(48-8)27-37(35)44)41-39(34-21-19-28(4)25-38(34)49-43)45-42(50-41)47(11-3)32-17-15-14-16-18-32/h14-22,25-27H,9-13,23-24H2,1-8H3. The van der Waals surface area contributed by atoms with Crippen LogP contribution in [0.1, 0.15) is 84.7 Å². The van der Waals surface area contributed by atoms with Crippen LogP contribution in [0.5, 0.6) is 11.5 Å². The molecular formula is C43H50ClN3O2S. The first kappa shape index (κ1) is 35.8. The average molecular weight is 708 g/mol. The number of unbranched alkanes of at least 4 members (excludes halogenated alkanes) is 2.